The normalized spacial score (nSPS) is 17.5. The molecule has 1 aliphatic heterocycles. The molecule has 9 heteroatoms. The van der Waals surface area contributed by atoms with Gasteiger partial charge >= 0.3 is 0 Å². The molecule has 1 atom stereocenters. The first kappa shape index (κ1) is 19.4. The third-order valence-electron chi connectivity index (χ3n) is 4.73. The number of nitrogens with zero attached hydrogens (tertiary/aromatic N) is 2. The fourth-order valence-corrected chi connectivity index (χ4v) is 5.60. The Morgan fingerprint density at radius 1 is 1.00 bits per heavy atom. The summed E-state index contributed by atoms with van der Waals surface area (Å²) in [6.45, 7) is 0.497. The topological polar surface area (TPSA) is 42.3 Å². The Bertz CT molecular complexity index is 1160. The molecule has 0 bridgehead atoms. The standard InChI is InChI=1S/C19H14Cl2F2N2O2S/c20-12-3-5-14(15(21)10-12)19-17-2-1-7-24(17)8-9-25(19)28(26,27)18-6-4-13(22)11-16(18)23/h1-7,10-11,19H,8-9H2/t19-/m0/s1. The largest absolute Gasteiger partial charge is 0.348 e. The van der Waals surface area contributed by atoms with E-state index < -0.39 is 32.6 Å². The van der Waals surface area contributed by atoms with Gasteiger partial charge in [-0.25, -0.2) is 17.2 Å². The second kappa shape index (κ2) is 7.15. The molecule has 0 unspecified atom stereocenters. The predicted molar refractivity (Wildman–Crippen MR) is 103 cm³/mol. The molecular weight excluding hydrogens is 429 g/mol. The monoisotopic (exact) mass is 442 g/mol. The van der Waals surface area contributed by atoms with Crippen molar-refractivity contribution in [3.05, 3.63) is 87.7 Å². The zero-order valence-electron chi connectivity index (χ0n) is 14.3. The van der Waals surface area contributed by atoms with Crippen LogP contribution < -0.4 is 0 Å². The highest BCUT2D eigenvalue weighted by molar-refractivity contribution is 7.89. The van der Waals surface area contributed by atoms with Crippen LogP contribution in [0.1, 0.15) is 17.3 Å². The minimum atomic E-state index is -4.27. The van der Waals surface area contributed by atoms with Crippen LogP contribution >= 0.6 is 23.2 Å². The Hall–Kier alpha value is -1.93. The van der Waals surface area contributed by atoms with Gasteiger partial charge < -0.3 is 4.57 Å². The second-order valence-electron chi connectivity index (χ2n) is 6.39. The van der Waals surface area contributed by atoms with E-state index in [2.05, 4.69) is 0 Å². The van der Waals surface area contributed by atoms with Crippen LogP contribution in [-0.2, 0) is 16.6 Å². The lowest BCUT2D eigenvalue weighted by Crippen LogP contribution is -2.42. The van der Waals surface area contributed by atoms with Gasteiger partial charge in [0, 0.05) is 41.1 Å². The average molecular weight is 443 g/mol. The summed E-state index contributed by atoms with van der Waals surface area (Å²) < 4.78 is 57.3. The smallest absolute Gasteiger partial charge is 0.246 e. The van der Waals surface area contributed by atoms with Crippen LogP contribution in [0, 0.1) is 11.6 Å². The Kier molecular flexibility index (Phi) is 4.95. The summed E-state index contributed by atoms with van der Waals surface area (Å²) in [6, 6.07) is 10.0. The minimum Gasteiger partial charge on any atom is -0.348 e. The molecule has 0 radical (unpaired) electrons. The fourth-order valence-electron chi connectivity index (χ4n) is 3.47. The molecule has 1 aliphatic rings. The second-order valence-corrected chi connectivity index (χ2v) is 9.09. The van der Waals surface area contributed by atoms with Crippen molar-refractivity contribution in [2.24, 2.45) is 0 Å². The predicted octanol–water partition coefficient (Wildman–Crippen LogP) is 4.87. The number of aromatic nitrogens is 1. The van der Waals surface area contributed by atoms with Gasteiger partial charge in [0.25, 0.3) is 0 Å². The van der Waals surface area contributed by atoms with Crippen LogP contribution in [0.25, 0.3) is 0 Å². The first-order valence-electron chi connectivity index (χ1n) is 8.36. The molecular formula is C19H14Cl2F2N2O2S. The molecule has 0 fully saturated rings. The van der Waals surface area contributed by atoms with E-state index in [-0.39, 0.29) is 6.54 Å². The van der Waals surface area contributed by atoms with Gasteiger partial charge in [-0.1, -0.05) is 29.3 Å². The number of hydrogen-bond donors (Lipinski definition) is 0. The van der Waals surface area contributed by atoms with E-state index in [4.69, 9.17) is 23.2 Å². The van der Waals surface area contributed by atoms with Crippen LogP contribution in [-0.4, -0.2) is 23.8 Å². The van der Waals surface area contributed by atoms with Crippen LogP contribution in [0.5, 0.6) is 0 Å². The number of hydrogen-bond acceptors (Lipinski definition) is 2. The molecule has 146 valence electrons. The van der Waals surface area contributed by atoms with Crippen LogP contribution in [0.3, 0.4) is 0 Å². The van der Waals surface area contributed by atoms with E-state index in [9.17, 15) is 17.2 Å². The summed E-state index contributed by atoms with van der Waals surface area (Å²) in [5.41, 5.74) is 1.22. The van der Waals surface area contributed by atoms with E-state index in [1.54, 1.807) is 24.3 Å². The summed E-state index contributed by atoms with van der Waals surface area (Å²) in [7, 11) is -4.27. The fraction of sp³-hybridized carbons (Fsp3) is 0.158. The summed E-state index contributed by atoms with van der Waals surface area (Å²) in [5, 5.41) is 0.714. The number of sulfonamides is 1. The molecule has 2 aromatic carbocycles. The first-order valence-corrected chi connectivity index (χ1v) is 10.6. The maximum atomic E-state index is 14.3. The van der Waals surface area contributed by atoms with Crippen molar-refractivity contribution in [3.8, 4) is 0 Å². The molecule has 3 aromatic rings. The van der Waals surface area contributed by atoms with Crippen molar-refractivity contribution in [1.82, 2.24) is 8.87 Å². The molecule has 1 aromatic heterocycles. The Labute approximate surface area is 171 Å². The molecule has 0 aliphatic carbocycles. The highest BCUT2D eigenvalue weighted by Gasteiger charge is 2.39. The van der Waals surface area contributed by atoms with Crippen molar-refractivity contribution >= 4 is 33.2 Å². The molecule has 0 spiro atoms. The van der Waals surface area contributed by atoms with Crippen molar-refractivity contribution in [2.45, 2.75) is 17.5 Å². The number of benzene rings is 2. The Balaban J connectivity index is 1.89. The molecule has 0 saturated heterocycles. The number of rotatable bonds is 3. The van der Waals surface area contributed by atoms with Crippen LogP contribution in [0.4, 0.5) is 8.78 Å². The van der Waals surface area contributed by atoms with Gasteiger partial charge in [0.1, 0.15) is 16.5 Å². The molecule has 0 N–H and O–H groups in total. The van der Waals surface area contributed by atoms with Gasteiger partial charge in [-0.05, 0) is 42.0 Å². The van der Waals surface area contributed by atoms with Gasteiger partial charge in [-0.3, -0.25) is 0 Å². The summed E-state index contributed by atoms with van der Waals surface area (Å²) >= 11 is 12.4. The van der Waals surface area contributed by atoms with E-state index in [0.29, 0.717) is 33.9 Å². The van der Waals surface area contributed by atoms with Gasteiger partial charge in [0.15, 0.2) is 0 Å². The van der Waals surface area contributed by atoms with E-state index in [0.717, 1.165) is 12.1 Å². The van der Waals surface area contributed by atoms with Gasteiger partial charge in [0.2, 0.25) is 10.0 Å². The molecule has 4 rings (SSSR count). The highest BCUT2D eigenvalue weighted by atomic mass is 35.5. The zero-order chi connectivity index (χ0) is 20.1. The van der Waals surface area contributed by atoms with Crippen molar-refractivity contribution in [1.29, 1.82) is 0 Å². The Morgan fingerprint density at radius 2 is 1.79 bits per heavy atom. The zero-order valence-corrected chi connectivity index (χ0v) is 16.6. The number of halogens is 4. The lowest BCUT2D eigenvalue weighted by molar-refractivity contribution is 0.297. The minimum absolute atomic E-state index is 0.102. The maximum absolute atomic E-state index is 14.3. The van der Waals surface area contributed by atoms with E-state index in [1.165, 1.54) is 10.4 Å². The third kappa shape index (κ3) is 3.22. The summed E-state index contributed by atoms with van der Waals surface area (Å²) in [5.74, 6) is -1.98. The molecule has 28 heavy (non-hydrogen) atoms. The molecule has 4 nitrogen and oxygen atoms in total. The lowest BCUT2D eigenvalue weighted by Gasteiger charge is -2.36. The average Bonchev–Trinajstić information content (AvgIpc) is 3.09. The SMILES string of the molecule is O=S(=O)(c1ccc(F)cc1F)N1CCn2cccc2[C@@H]1c1ccc(Cl)cc1Cl. The quantitative estimate of drug-likeness (QED) is 0.580. The Morgan fingerprint density at radius 3 is 2.50 bits per heavy atom. The van der Waals surface area contributed by atoms with Crippen molar-refractivity contribution in [3.63, 3.8) is 0 Å². The van der Waals surface area contributed by atoms with E-state index in [1.807, 2.05) is 10.8 Å². The maximum Gasteiger partial charge on any atom is 0.246 e. The summed E-state index contributed by atoms with van der Waals surface area (Å²) in [6.07, 6.45) is 1.84. The molecule has 2 heterocycles. The summed E-state index contributed by atoms with van der Waals surface area (Å²) in [4.78, 5) is -0.580. The van der Waals surface area contributed by atoms with Gasteiger partial charge in [-0.15, -0.1) is 0 Å². The lowest BCUT2D eigenvalue weighted by atomic mass is 10.0. The first-order chi connectivity index (χ1) is 13.3. The number of fused-ring (bicyclic) bond motifs is 1. The molecule has 0 amide bonds. The van der Waals surface area contributed by atoms with Gasteiger partial charge in [-0.2, -0.15) is 4.31 Å². The van der Waals surface area contributed by atoms with Crippen molar-refractivity contribution < 1.29 is 17.2 Å². The highest BCUT2D eigenvalue weighted by Crippen LogP contribution is 2.40. The van der Waals surface area contributed by atoms with E-state index >= 15 is 0 Å². The van der Waals surface area contributed by atoms with Crippen LogP contribution in [0.2, 0.25) is 10.0 Å². The van der Waals surface area contributed by atoms with Crippen LogP contribution in [0.15, 0.2) is 59.6 Å². The van der Waals surface area contributed by atoms with Gasteiger partial charge in [0.05, 0.1) is 6.04 Å². The van der Waals surface area contributed by atoms with Crippen molar-refractivity contribution in [2.75, 3.05) is 6.54 Å². The molecule has 0 saturated carbocycles. The third-order valence-corrected chi connectivity index (χ3v) is 7.19.